The molecule has 0 aliphatic rings. The molecule has 0 N–H and O–H groups in total. The lowest BCUT2D eigenvalue weighted by molar-refractivity contribution is 0.0474. The zero-order valence-corrected chi connectivity index (χ0v) is 16.6. The van der Waals surface area contributed by atoms with Gasteiger partial charge in [-0.05, 0) is 48.5 Å². The van der Waals surface area contributed by atoms with E-state index in [9.17, 15) is 14.0 Å². The van der Waals surface area contributed by atoms with Crippen molar-refractivity contribution >= 4 is 11.8 Å². The third-order valence-electron chi connectivity index (χ3n) is 4.61. The maximum atomic E-state index is 13.3. The minimum absolute atomic E-state index is 0.166. The van der Waals surface area contributed by atoms with Crippen LogP contribution in [-0.2, 0) is 4.74 Å². The second-order valence-corrected chi connectivity index (χ2v) is 6.59. The molecule has 7 nitrogen and oxygen atoms in total. The zero-order chi connectivity index (χ0) is 21.8. The summed E-state index contributed by atoms with van der Waals surface area (Å²) in [6.07, 6.45) is 4.85. The van der Waals surface area contributed by atoms with Crippen LogP contribution in [0.15, 0.2) is 79.3 Å². The van der Waals surface area contributed by atoms with E-state index in [1.54, 1.807) is 65.5 Å². The third kappa shape index (κ3) is 4.23. The zero-order valence-electron chi connectivity index (χ0n) is 16.6. The molecule has 0 bridgehead atoms. The fourth-order valence-electron chi connectivity index (χ4n) is 3.07. The summed E-state index contributed by atoms with van der Waals surface area (Å²) in [7, 11) is 1.51. The number of benzene rings is 2. The lowest BCUT2D eigenvalue weighted by Crippen LogP contribution is -2.16. The van der Waals surface area contributed by atoms with Gasteiger partial charge in [-0.25, -0.2) is 13.9 Å². The first-order valence-electron chi connectivity index (χ1n) is 9.38. The quantitative estimate of drug-likeness (QED) is 0.336. The predicted octanol–water partition coefficient (Wildman–Crippen LogP) is 3.85. The number of nitrogens with zero attached hydrogens (tertiary/aromatic N) is 3. The Bertz CT molecular complexity index is 1210. The van der Waals surface area contributed by atoms with Crippen molar-refractivity contribution in [3.8, 4) is 17.3 Å². The summed E-state index contributed by atoms with van der Waals surface area (Å²) in [5.41, 5.74) is 1.11. The lowest BCUT2D eigenvalue weighted by Gasteiger charge is -2.11. The molecule has 0 amide bonds. The first-order chi connectivity index (χ1) is 15.1. The summed E-state index contributed by atoms with van der Waals surface area (Å²) in [5, 5.41) is 4.27. The number of hydrogen-bond acceptors (Lipinski definition) is 5. The van der Waals surface area contributed by atoms with Gasteiger partial charge < -0.3 is 14.0 Å². The number of aromatic nitrogens is 3. The van der Waals surface area contributed by atoms with Crippen LogP contribution in [0.3, 0.4) is 0 Å². The van der Waals surface area contributed by atoms with Crippen LogP contribution in [0.5, 0.6) is 5.75 Å². The molecule has 0 radical (unpaired) electrons. The highest BCUT2D eigenvalue weighted by molar-refractivity contribution is 6.00. The molecule has 0 atom stereocenters. The molecule has 31 heavy (non-hydrogen) atoms. The van der Waals surface area contributed by atoms with Crippen molar-refractivity contribution in [2.24, 2.45) is 0 Å². The average Bonchev–Trinajstić information content (AvgIpc) is 3.47. The topological polar surface area (TPSA) is 75.4 Å². The summed E-state index contributed by atoms with van der Waals surface area (Å²) in [4.78, 5) is 25.2. The Hall–Kier alpha value is -4.20. The van der Waals surface area contributed by atoms with Gasteiger partial charge in [0.2, 0.25) is 0 Å². The van der Waals surface area contributed by atoms with Crippen LogP contribution in [0, 0.1) is 5.82 Å². The average molecular weight is 419 g/mol. The molecule has 4 rings (SSSR count). The number of rotatable bonds is 7. The number of Topliss-reactive ketones (excluding diaryl/α,β-unsaturated/α-hetero) is 1. The minimum Gasteiger partial charge on any atom is -0.497 e. The van der Waals surface area contributed by atoms with Gasteiger partial charge in [0.15, 0.2) is 18.2 Å². The van der Waals surface area contributed by atoms with Crippen LogP contribution in [0.1, 0.15) is 20.7 Å². The van der Waals surface area contributed by atoms with E-state index in [4.69, 9.17) is 9.47 Å². The maximum Gasteiger partial charge on any atom is 0.344 e. The van der Waals surface area contributed by atoms with Gasteiger partial charge in [-0.3, -0.25) is 4.79 Å². The second-order valence-electron chi connectivity index (χ2n) is 6.59. The highest BCUT2D eigenvalue weighted by Crippen LogP contribution is 2.21. The summed E-state index contributed by atoms with van der Waals surface area (Å²) in [5.74, 6) is -0.494. The molecule has 2 heterocycles. The van der Waals surface area contributed by atoms with Crippen LogP contribution in [0.25, 0.3) is 11.5 Å². The van der Waals surface area contributed by atoms with Gasteiger partial charge in [-0.1, -0.05) is 12.1 Å². The van der Waals surface area contributed by atoms with E-state index in [1.165, 1.54) is 30.1 Å². The SMILES string of the molecule is COc1cccc(C(=O)COC(=O)c2cnn(-c3ccc(F)cc3)c2-n2cccc2)c1. The molecule has 0 aliphatic carbocycles. The molecule has 8 heteroatoms. The van der Waals surface area contributed by atoms with E-state index in [-0.39, 0.29) is 17.2 Å². The van der Waals surface area contributed by atoms with E-state index >= 15 is 0 Å². The van der Waals surface area contributed by atoms with Crippen LogP contribution in [0.4, 0.5) is 4.39 Å². The molecule has 0 saturated heterocycles. The van der Waals surface area contributed by atoms with Gasteiger partial charge in [-0.15, -0.1) is 0 Å². The van der Waals surface area contributed by atoms with Crippen molar-refractivity contribution in [1.29, 1.82) is 0 Å². The fraction of sp³-hybridized carbons (Fsp3) is 0.0870. The van der Waals surface area contributed by atoms with Crippen LogP contribution in [0.2, 0.25) is 0 Å². The Morgan fingerprint density at radius 2 is 1.77 bits per heavy atom. The van der Waals surface area contributed by atoms with Crippen molar-refractivity contribution < 1.29 is 23.5 Å². The molecular weight excluding hydrogens is 401 g/mol. The molecule has 2 aromatic carbocycles. The normalized spacial score (nSPS) is 10.6. The first-order valence-corrected chi connectivity index (χ1v) is 9.38. The molecule has 0 fully saturated rings. The largest absolute Gasteiger partial charge is 0.497 e. The number of ketones is 1. The van der Waals surface area contributed by atoms with Crippen molar-refractivity contribution in [3.05, 3.63) is 96.2 Å². The number of hydrogen-bond donors (Lipinski definition) is 0. The summed E-state index contributed by atoms with van der Waals surface area (Å²) in [6.45, 7) is -0.432. The molecule has 4 aromatic rings. The Balaban J connectivity index is 1.59. The van der Waals surface area contributed by atoms with Gasteiger partial charge in [0.05, 0.1) is 19.0 Å². The molecule has 156 valence electrons. The smallest absolute Gasteiger partial charge is 0.344 e. The van der Waals surface area contributed by atoms with Crippen molar-refractivity contribution in [2.75, 3.05) is 13.7 Å². The van der Waals surface area contributed by atoms with Gasteiger partial charge in [0.25, 0.3) is 0 Å². The Kier molecular flexibility index (Phi) is 5.61. The van der Waals surface area contributed by atoms with Crippen molar-refractivity contribution in [1.82, 2.24) is 14.3 Å². The number of ether oxygens (including phenoxy) is 2. The van der Waals surface area contributed by atoms with Gasteiger partial charge in [0, 0.05) is 18.0 Å². The Labute approximate surface area is 177 Å². The number of methoxy groups -OCH3 is 1. The Morgan fingerprint density at radius 3 is 2.48 bits per heavy atom. The van der Waals surface area contributed by atoms with Crippen LogP contribution < -0.4 is 4.74 Å². The minimum atomic E-state index is -0.701. The van der Waals surface area contributed by atoms with Crippen molar-refractivity contribution in [3.63, 3.8) is 0 Å². The van der Waals surface area contributed by atoms with Gasteiger partial charge in [0.1, 0.15) is 17.1 Å². The van der Waals surface area contributed by atoms with Crippen LogP contribution in [-0.4, -0.2) is 39.8 Å². The molecule has 0 saturated carbocycles. The van der Waals surface area contributed by atoms with Gasteiger partial charge >= 0.3 is 5.97 Å². The van der Waals surface area contributed by atoms with Gasteiger partial charge in [-0.2, -0.15) is 5.10 Å². The van der Waals surface area contributed by atoms with Crippen LogP contribution >= 0.6 is 0 Å². The molecule has 0 aliphatic heterocycles. The maximum absolute atomic E-state index is 13.3. The lowest BCUT2D eigenvalue weighted by atomic mass is 10.1. The molecular formula is C23H18FN3O4. The van der Waals surface area contributed by atoms with E-state index < -0.39 is 12.6 Å². The molecule has 0 unspecified atom stereocenters. The third-order valence-corrected chi connectivity index (χ3v) is 4.61. The first kappa shape index (κ1) is 20.1. The van der Waals surface area contributed by atoms with E-state index in [1.807, 2.05) is 0 Å². The number of halogens is 1. The molecule has 0 spiro atoms. The standard InChI is InChI=1S/C23H18FN3O4/c1-30-19-6-4-5-16(13-19)21(28)15-31-23(29)20-14-25-27(18-9-7-17(24)8-10-18)22(20)26-11-2-3-12-26/h2-14H,15H2,1H3. The number of carbonyl (C=O) groups excluding carboxylic acids is 2. The predicted molar refractivity (Wildman–Crippen MR) is 110 cm³/mol. The summed E-state index contributed by atoms with van der Waals surface area (Å²) < 4.78 is 26.9. The molecule has 2 aromatic heterocycles. The van der Waals surface area contributed by atoms with E-state index in [0.29, 0.717) is 22.8 Å². The van der Waals surface area contributed by atoms with Crippen molar-refractivity contribution in [2.45, 2.75) is 0 Å². The number of carbonyl (C=O) groups is 2. The summed E-state index contributed by atoms with van der Waals surface area (Å²) in [6, 6.07) is 15.9. The highest BCUT2D eigenvalue weighted by atomic mass is 19.1. The highest BCUT2D eigenvalue weighted by Gasteiger charge is 2.22. The second kappa shape index (κ2) is 8.66. The van der Waals surface area contributed by atoms with E-state index in [2.05, 4.69) is 5.10 Å². The van der Waals surface area contributed by atoms with E-state index in [0.717, 1.165) is 0 Å². The number of esters is 1. The summed E-state index contributed by atoms with van der Waals surface area (Å²) >= 11 is 0. The fourth-order valence-corrected chi connectivity index (χ4v) is 3.07. The Morgan fingerprint density at radius 1 is 1.03 bits per heavy atom. The monoisotopic (exact) mass is 419 g/mol.